The minimum absolute atomic E-state index is 0.588. The van der Waals surface area contributed by atoms with Crippen LogP contribution in [0.3, 0.4) is 0 Å². The molecule has 0 radical (unpaired) electrons. The van der Waals surface area contributed by atoms with Crippen LogP contribution in [0.15, 0.2) is 0 Å². The molecule has 17 heavy (non-hydrogen) atoms. The lowest BCUT2D eigenvalue weighted by atomic mass is 10.4. The highest BCUT2D eigenvalue weighted by atomic mass is 28.4. The molecule has 0 amide bonds. The van der Waals surface area contributed by atoms with Crippen molar-refractivity contribution in [2.45, 2.75) is 58.3 Å². The molecule has 0 rings (SSSR count). The quantitative estimate of drug-likeness (QED) is 0.674. The van der Waals surface area contributed by atoms with Crippen molar-refractivity contribution < 1.29 is 8.85 Å². The number of nitrogens with zero attached hydrogens (tertiary/aromatic N) is 1. The second kappa shape index (κ2) is 6.63. The van der Waals surface area contributed by atoms with Crippen LogP contribution in [0.2, 0.25) is 45.3 Å². The first-order valence-electron chi connectivity index (χ1n) is 6.39. The molecule has 6 heteroatoms. The fourth-order valence-electron chi connectivity index (χ4n) is 3.00. The van der Waals surface area contributed by atoms with Crippen molar-refractivity contribution in [1.82, 2.24) is 4.23 Å². The van der Waals surface area contributed by atoms with E-state index in [1.165, 1.54) is 0 Å². The standard InChI is InChI=1S/C11H31NO2Si3/c1-11(10-15(13-2)14-3)12(16(4,5)6)17(7,8)9/h11,15H,10H2,1-9H3. The van der Waals surface area contributed by atoms with Crippen molar-refractivity contribution in [2.75, 3.05) is 14.2 Å². The summed E-state index contributed by atoms with van der Waals surface area (Å²) in [5, 5.41) is 0. The molecule has 0 fully saturated rings. The monoisotopic (exact) mass is 293 g/mol. The normalized spacial score (nSPS) is 15.7. The van der Waals surface area contributed by atoms with Crippen LogP contribution in [0.25, 0.3) is 0 Å². The summed E-state index contributed by atoms with van der Waals surface area (Å²) in [5.41, 5.74) is 0. The van der Waals surface area contributed by atoms with Gasteiger partial charge in [-0.15, -0.1) is 0 Å². The van der Waals surface area contributed by atoms with Crippen LogP contribution in [0.1, 0.15) is 6.92 Å². The van der Waals surface area contributed by atoms with E-state index in [-0.39, 0.29) is 0 Å². The van der Waals surface area contributed by atoms with Gasteiger partial charge in [0.2, 0.25) is 0 Å². The molecule has 1 unspecified atom stereocenters. The number of rotatable bonds is 7. The lowest BCUT2D eigenvalue weighted by Crippen LogP contribution is -2.63. The van der Waals surface area contributed by atoms with E-state index in [0.29, 0.717) is 6.04 Å². The van der Waals surface area contributed by atoms with Gasteiger partial charge in [-0.25, -0.2) is 0 Å². The topological polar surface area (TPSA) is 21.7 Å². The van der Waals surface area contributed by atoms with E-state index >= 15 is 0 Å². The van der Waals surface area contributed by atoms with Crippen LogP contribution in [0.5, 0.6) is 0 Å². The van der Waals surface area contributed by atoms with Crippen LogP contribution in [0.4, 0.5) is 0 Å². The molecule has 0 saturated carbocycles. The summed E-state index contributed by atoms with van der Waals surface area (Å²) in [6.07, 6.45) is 0. The van der Waals surface area contributed by atoms with E-state index in [9.17, 15) is 0 Å². The Labute approximate surface area is 112 Å². The van der Waals surface area contributed by atoms with Crippen LogP contribution in [-0.4, -0.2) is 50.2 Å². The van der Waals surface area contributed by atoms with Gasteiger partial charge in [0, 0.05) is 20.3 Å². The Balaban J connectivity index is 4.84. The predicted octanol–water partition coefficient (Wildman–Crippen LogP) is 2.86. The van der Waals surface area contributed by atoms with Gasteiger partial charge in [0.15, 0.2) is 0 Å². The third kappa shape index (κ3) is 5.80. The molecule has 0 saturated heterocycles. The molecular weight excluding hydrogens is 262 g/mol. The number of hydrogen-bond acceptors (Lipinski definition) is 3. The molecule has 0 aromatic heterocycles. The fourth-order valence-corrected chi connectivity index (χ4v) is 15.7. The minimum atomic E-state index is -1.45. The average molecular weight is 294 g/mol. The fraction of sp³-hybridized carbons (Fsp3) is 1.00. The average Bonchev–Trinajstić information content (AvgIpc) is 2.09. The maximum absolute atomic E-state index is 5.47. The highest BCUT2D eigenvalue weighted by molar-refractivity contribution is 6.89. The highest BCUT2D eigenvalue weighted by Gasteiger charge is 2.38. The molecule has 3 nitrogen and oxygen atoms in total. The van der Waals surface area contributed by atoms with Crippen molar-refractivity contribution in [1.29, 1.82) is 0 Å². The molecule has 0 aliphatic heterocycles. The van der Waals surface area contributed by atoms with E-state index in [2.05, 4.69) is 50.4 Å². The lowest BCUT2D eigenvalue weighted by molar-refractivity contribution is 0.269. The van der Waals surface area contributed by atoms with Crippen molar-refractivity contribution >= 4 is 25.8 Å². The molecule has 0 aliphatic carbocycles. The molecule has 0 bridgehead atoms. The zero-order chi connectivity index (χ0) is 13.9. The second-order valence-corrected chi connectivity index (χ2v) is 19.1. The van der Waals surface area contributed by atoms with Gasteiger partial charge in [-0.3, -0.25) is 0 Å². The summed E-state index contributed by atoms with van der Waals surface area (Å²) in [6.45, 7) is 17.0. The van der Waals surface area contributed by atoms with Crippen LogP contribution in [0, 0.1) is 0 Å². The Kier molecular flexibility index (Phi) is 6.83. The number of hydrogen-bond donors (Lipinski definition) is 0. The van der Waals surface area contributed by atoms with Gasteiger partial charge in [-0.05, 0) is 6.04 Å². The van der Waals surface area contributed by atoms with Crippen molar-refractivity contribution in [3.8, 4) is 0 Å². The van der Waals surface area contributed by atoms with Gasteiger partial charge < -0.3 is 13.1 Å². The molecule has 1 atom stereocenters. The molecular formula is C11H31NO2Si3. The zero-order valence-corrected chi connectivity index (χ0v) is 16.3. The van der Waals surface area contributed by atoms with Crippen LogP contribution >= 0.6 is 0 Å². The molecule has 104 valence electrons. The predicted molar refractivity (Wildman–Crippen MR) is 84.0 cm³/mol. The Hall–Kier alpha value is 0.531. The van der Waals surface area contributed by atoms with Crippen molar-refractivity contribution in [3.05, 3.63) is 0 Å². The van der Waals surface area contributed by atoms with Crippen molar-refractivity contribution in [2.24, 2.45) is 0 Å². The Morgan fingerprint density at radius 3 is 1.53 bits per heavy atom. The van der Waals surface area contributed by atoms with E-state index in [1.54, 1.807) is 14.2 Å². The molecule has 0 aromatic carbocycles. The minimum Gasteiger partial charge on any atom is -0.400 e. The zero-order valence-electron chi connectivity index (χ0n) is 13.1. The SMILES string of the molecule is CO[SiH](CC(C)N([Si](C)(C)C)[Si](C)(C)C)OC. The molecule has 0 aliphatic rings. The summed E-state index contributed by atoms with van der Waals surface area (Å²) in [5.74, 6) is 0. The van der Waals surface area contributed by atoms with E-state index < -0.39 is 25.8 Å². The summed E-state index contributed by atoms with van der Waals surface area (Å²) in [6, 6.07) is 1.67. The second-order valence-electron chi connectivity index (χ2n) is 6.70. The van der Waals surface area contributed by atoms with Crippen molar-refractivity contribution in [3.63, 3.8) is 0 Å². The molecule has 0 N–H and O–H groups in total. The molecule has 0 spiro atoms. The van der Waals surface area contributed by atoms with Gasteiger partial charge >= 0.3 is 9.28 Å². The van der Waals surface area contributed by atoms with Gasteiger partial charge in [0.25, 0.3) is 0 Å². The van der Waals surface area contributed by atoms with Crippen LogP contribution < -0.4 is 0 Å². The maximum atomic E-state index is 5.47. The highest BCUT2D eigenvalue weighted by Crippen LogP contribution is 2.25. The first-order chi connectivity index (χ1) is 7.54. The smallest absolute Gasteiger partial charge is 0.322 e. The van der Waals surface area contributed by atoms with E-state index in [1.807, 2.05) is 0 Å². The largest absolute Gasteiger partial charge is 0.400 e. The van der Waals surface area contributed by atoms with E-state index in [0.717, 1.165) is 6.04 Å². The first-order valence-corrected chi connectivity index (χ1v) is 15.0. The van der Waals surface area contributed by atoms with Gasteiger partial charge in [-0.2, -0.15) is 0 Å². The van der Waals surface area contributed by atoms with Crippen LogP contribution in [-0.2, 0) is 8.85 Å². The van der Waals surface area contributed by atoms with E-state index in [4.69, 9.17) is 8.85 Å². The van der Waals surface area contributed by atoms with Gasteiger partial charge in [0.1, 0.15) is 16.5 Å². The third-order valence-corrected chi connectivity index (χ3v) is 12.9. The Morgan fingerprint density at radius 2 is 1.29 bits per heavy atom. The summed E-state index contributed by atoms with van der Waals surface area (Å²) in [4.78, 5) is 0. The van der Waals surface area contributed by atoms with Gasteiger partial charge in [0.05, 0.1) is 0 Å². The third-order valence-electron chi connectivity index (χ3n) is 2.95. The Morgan fingerprint density at radius 1 is 0.941 bits per heavy atom. The summed E-state index contributed by atoms with van der Waals surface area (Å²) < 4.78 is 13.8. The molecule has 0 heterocycles. The maximum Gasteiger partial charge on any atom is 0.322 e. The first kappa shape index (κ1) is 17.5. The van der Waals surface area contributed by atoms with Gasteiger partial charge in [-0.1, -0.05) is 46.2 Å². The lowest BCUT2D eigenvalue weighted by Gasteiger charge is -2.48. The summed E-state index contributed by atoms with van der Waals surface area (Å²) >= 11 is 0. The molecule has 0 aromatic rings. The Bertz CT molecular complexity index is 208. The summed E-state index contributed by atoms with van der Waals surface area (Å²) in [7, 11) is -0.433.